The average Bonchev–Trinajstić information content (AvgIpc) is 2.36. The monoisotopic (exact) mass is 233 g/mol. The summed E-state index contributed by atoms with van der Waals surface area (Å²) >= 11 is 5.20. The minimum Gasteiger partial charge on any atom is -0.246 e. The van der Waals surface area contributed by atoms with Crippen LogP contribution in [0.3, 0.4) is 0 Å². The van der Waals surface area contributed by atoms with E-state index in [-0.39, 0.29) is 5.41 Å². The Morgan fingerprint density at radius 2 is 2.27 bits per heavy atom. The Balaban J connectivity index is 2.92. The predicted octanol–water partition coefficient (Wildman–Crippen LogP) is 3.12. The zero-order chi connectivity index (χ0) is 8.48. The third-order valence-corrected chi connectivity index (χ3v) is 3.82. The summed E-state index contributed by atoms with van der Waals surface area (Å²) in [7, 11) is 0. The van der Waals surface area contributed by atoms with Gasteiger partial charge in [0, 0.05) is 16.1 Å². The second-order valence-corrected chi connectivity index (χ2v) is 4.89. The molecule has 0 radical (unpaired) electrons. The Morgan fingerprint density at radius 1 is 1.64 bits per heavy atom. The van der Waals surface area contributed by atoms with Gasteiger partial charge in [-0.3, -0.25) is 0 Å². The van der Waals surface area contributed by atoms with Crippen molar-refractivity contribution in [2.24, 2.45) is 0 Å². The number of halogens is 1. The summed E-state index contributed by atoms with van der Waals surface area (Å²) in [5.41, 5.74) is 1.36. The number of rotatable bonds is 2. The fourth-order valence-electron chi connectivity index (χ4n) is 0.743. The van der Waals surface area contributed by atoms with Crippen LogP contribution in [-0.2, 0) is 5.41 Å². The summed E-state index contributed by atoms with van der Waals surface area (Å²) in [5, 5.41) is 4.24. The van der Waals surface area contributed by atoms with Gasteiger partial charge < -0.3 is 0 Å². The van der Waals surface area contributed by atoms with Crippen molar-refractivity contribution in [3.63, 3.8) is 0 Å². The third kappa shape index (κ3) is 2.03. The van der Waals surface area contributed by atoms with Crippen LogP contribution in [0.15, 0.2) is 5.38 Å². The van der Waals surface area contributed by atoms with E-state index in [9.17, 15) is 0 Å². The Kier molecular flexibility index (Phi) is 2.70. The van der Waals surface area contributed by atoms with Crippen LogP contribution < -0.4 is 0 Å². The molecule has 1 heterocycles. The molecule has 0 atom stereocenters. The van der Waals surface area contributed by atoms with E-state index in [4.69, 9.17) is 0 Å². The van der Waals surface area contributed by atoms with Crippen LogP contribution in [-0.4, -0.2) is 10.3 Å². The molecule has 3 heteroatoms. The first-order valence-electron chi connectivity index (χ1n) is 3.55. The fraction of sp³-hybridized carbons (Fsp3) is 0.625. The van der Waals surface area contributed by atoms with Gasteiger partial charge in [0.25, 0.3) is 0 Å². The van der Waals surface area contributed by atoms with E-state index < -0.39 is 0 Å². The minimum absolute atomic E-state index is 0.171. The molecule has 0 aromatic carbocycles. The lowest BCUT2D eigenvalue weighted by atomic mass is 9.93. The van der Waals surface area contributed by atoms with Crippen molar-refractivity contribution in [3.05, 3.63) is 16.1 Å². The molecule has 0 aliphatic carbocycles. The lowest BCUT2D eigenvalue weighted by Gasteiger charge is -2.18. The van der Waals surface area contributed by atoms with E-state index in [1.807, 2.05) is 6.92 Å². The quantitative estimate of drug-likeness (QED) is 0.716. The average molecular weight is 234 g/mol. The van der Waals surface area contributed by atoms with Crippen LogP contribution in [0.5, 0.6) is 0 Å². The van der Waals surface area contributed by atoms with E-state index in [1.165, 1.54) is 5.69 Å². The van der Waals surface area contributed by atoms with E-state index >= 15 is 0 Å². The first-order chi connectivity index (χ1) is 5.06. The number of hydrogen-bond acceptors (Lipinski definition) is 2. The maximum Gasteiger partial charge on any atom is 0.0897 e. The van der Waals surface area contributed by atoms with Crippen LogP contribution in [0.25, 0.3) is 0 Å². The highest BCUT2D eigenvalue weighted by atomic mass is 79.9. The molecule has 1 aromatic heterocycles. The van der Waals surface area contributed by atoms with Gasteiger partial charge in [-0.15, -0.1) is 11.3 Å². The molecule has 0 spiro atoms. The predicted molar refractivity (Wildman–Crippen MR) is 53.7 cm³/mol. The smallest absolute Gasteiger partial charge is 0.0897 e. The van der Waals surface area contributed by atoms with Gasteiger partial charge in [0.05, 0.1) is 10.7 Å². The van der Waals surface area contributed by atoms with Crippen molar-refractivity contribution in [3.8, 4) is 0 Å². The number of alkyl halides is 1. The Bertz CT molecular complexity index is 242. The topological polar surface area (TPSA) is 12.9 Å². The maximum absolute atomic E-state index is 4.44. The number of aryl methyl sites for hydroxylation is 1. The second kappa shape index (κ2) is 3.23. The molecule has 0 saturated heterocycles. The molecule has 0 fully saturated rings. The van der Waals surface area contributed by atoms with Crippen molar-refractivity contribution in [1.29, 1.82) is 0 Å². The summed E-state index contributed by atoms with van der Waals surface area (Å²) < 4.78 is 0. The zero-order valence-corrected chi connectivity index (χ0v) is 9.42. The van der Waals surface area contributed by atoms with Crippen LogP contribution in [0, 0.1) is 6.92 Å². The second-order valence-electron chi connectivity index (χ2n) is 3.27. The molecule has 1 nitrogen and oxygen atoms in total. The van der Waals surface area contributed by atoms with Gasteiger partial charge in [0.1, 0.15) is 0 Å². The molecule has 0 amide bonds. The Labute approximate surface area is 80.0 Å². The first-order valence-corrected chi connectivity index (χ1v) is 5.55. The van der Waals surface area contributed by atoms with E-state index in [2.05, 4.69) is 40.1 Å². The highest BCUT2D eigenvalue weighted by molar-refractivity contribution is 9.09. The summed E-state index contributed by atoms with van der Waals surface area (Å²) in [6.45, 7) is 6.42. The van der Waals surface area contributed by atoms with Crippen LogP contribution >= 0.6 is 27.3 Å². The molecular weight excluding hydrogens is 222 g/mol. The molecule has 0 aliphatic heterocycles. The molecular formula is C8H12BrNS. The van der Waals surface area contributed by atoms with Crippen LogP contribution in [0.2, 0.25) is 0 Å². The van der Waals surface area contributed by atoms with Gasteiger partial charge in [-0.05, 0) is 6.92 Å². The van der Waals surface area contributed by atoms with Gasteiger partial charge in [0.15, 0.2) is 0 Å². The van der Waals surface area contributed by atoms with Crippen molar-refractivity contribution >= 4 is 27.3 Å². The lowest BCUT2D eigenvalue weighted by Crippen LogP contribution is -2.19. The highest BCUT2D eigenvalue weighted by Gasteiger charge is 2.21. The van der Waals surface area contributed by atoms with Gasteiger partial charge >= 0.3 is 0 Å². The van der Waals surface area contributed by atoms with Gasteiger partial charge in [-0.25, -0.2) is 4.98 Å². The Hall–Kier alpha value is 0.110. The van der Waals surface area contributed by atoms with E-state index in [1.54, 1.807) is 11.3 Å². The molecule has 0 saturated carbocycles. The van der Waals surface area contributed by atoms with E-state index in [0.717, 1.165) is 10.3 Å². The number of nitrogens with zero attached hydrogens (tertiary/aromatic N) is 1. The SMILES string of the molecule is Cc1nc(C(C)(C)CBr)cs1. The molecule has 1 rings (SSSR count). The number of thiazole rings is 1. The minimum atomic E-state index is 0.171. The van der Waals surface area contributed by atoms with Gasteiger partial charge in [-0.1, -0.05) is 29.8 Å². The maximum atomic E-state index is 4.44. The molecule has 0 N–H and O–H groups in total. The number of aromatic nitrogens is 1. The van der Waals surface area contributed by atoms with Crippen molar-refractivity contribution in [1.82, 2.24) is 4.98 Å². The zero-order valence-electron chi connectivity index (χ0n) is 7.02. The first kappa shape index (κ1) is 9.20. The third-order valence-electron chi connectivity index (χ3n) is 1.65. The normalized spacial score (nSPS) is 12.0. The largest absolute Gasteiger partial charge is 0.246 e. The van der Waals surface area contributed by atoms with Crippen molar-refractivity contribution in [2.45, 2.75) is 26.2 Å². The highest BCUT2D eigenvalue weighted by Crippen LogP contribution is 2.26. The molecule has 0 bridgehead atoms. The molecule has 62 valence electrons. The van der Waals surface area contributed by atoms with Crippen LogP contribution in [0.1, 0.15) is 24.5 Å². The van der Waals surface area contributed by atoms with E-state index in [0.29, 0.717) is 0 Å². The van der Waals surface area contributed by atoms with Gasteiger partial charge in [0.2, 0.25) is 0 Å². The molecule has 11 heavy (non-hydrogen) atoms. The summed E-state index contributed by atoms with van der Waals surface area (Å²) in [6.07, 6.45) is 0. The summed E-state index contributed by atoms with van der Waals surface area (Å²) in [4.78, 5) is 4.44. The number of hydrogen-bond donors (Lipinski definition) is 0. The summed E-state index contributed by atoms with van der Waals surface area (Å²) in [5.74, 6) is 0. The van der Waals surface area contributed by atoms with Crippen molar-refractivity contribution < 1.29 is 0 Å². The van der Waals surface area contributed by atoms with Gasteiger partial charge in [-0.2, -0.15) is 0 Å². The lowest BCUT2D eigenvalue weighted by molar-refractivity contribution is 0.587. The molecule has 0 unspecified atom stereocenters. The summed E-state index contributed by atoms with van der Waals surface area (Å²) in [6, 6.07) is 0. The van der Waals surface area contributed by atoms with Crippen LogP contribution in [0.4, 0.5) is 0 Å². The standard InChI is InChI=1S/C8H12BrNS/c1-6-10-7(4-11-6)8(2,3)5-9/h4H,5H2,1-3H3. The molecule has 0 aliphatic rings. The Morgan fingerprint density at radius 3 is 2.64 bits per heavy atom. The molecule has 1 aromatic rings. The van der Waals surface area contributed by atoms with Crippen molar-refractivity contribution in [2.75, 3.05) is 5.33 Å². The fourth-order valence-corrected chi connectivity index (χ4v) is 1.83.